The Balaban J connectivity index is 2.16. The van der Waals surface area contributed by atoms with Crippen LogP contribution < -0.4 is 5.32 Å². The molecule has 0 amide bonds. The summed E-state index contributed by atoms with van der Waals surface area (Å²) in [7, 11) is 0. The first-order valence-electron chi connectivity index (χ1n) is 5.69. The Morgan fingerprint density at radius 1 is 1.17 bits per heavy atom. The van der Waals surface area contributed by atoms with Gasteiger partial charge in [-0.05, 0) is 36.2 Å². The minimum absolute atomic E-state index is 0.670. The van der Waals surface area contributed by atoms with Crippen molar-refractivity contribution in [1.82, 2.24) is 0 Å². The van der Waals surface area contributed by atoms with Gasteiger partial charge in [-0.2, -0.15) is 5.26 Å². The first-order chi connectivity index (χ1) is 8.70. The Morgan fingerprint density at radius 2 is 1.89 bits per heavy atom. The lowest BCUT2D eigenvalue weighted by Crippen LogP contribution is -2.02. The van der Waals surface area contributed by atoms with E-state index in [9.17, 15) is 0 Å². The third-order valence-corrected chi connectivity index (χ3v) is 3.03. The van der Waals surface area contributed by atoms with Crippen LogP contribution in [0.5, 0.6) is 0 Å². The highest BCUT2D eigenvalue weighted by Crippen LogP contribution is 2.20. The van der Waals surface area contributed by atoms with E-state index in [1.54, 1.807) is 0 Å². The Morgan fingerprint density at radius 3 is 2.56 bits per heavy atom. The van der Waals surface area contributed by atoms with Gasteiger partial charge in [0.1, 0.15) is 6.07 Å². The normalized spacial score (nSPS) is 9.83. The number of hydrogen-bond donors (Lipinski definition) is 1. The van der Waals surface area contributed by atoms with Crippen LogP contribution in [0.3, 0.4) is 0 Å². The van der Waals surface area contributed by atoms with Crippen LogP contribution in [0.25, 0.3) is 0 Å². The topological polar surface area (TPSA) is 35.8 Å². The van der Waals surface area contributed by atoms with Crippen molar-refractivity contribution in [3.63, 3.8) is 0 Å². The van der Waals surface area contributed by atoms with E-state index in [-0.39, 0.29) is 0 Å². The number of rotatable bonds is 3. The molecule has 0 saturated carbocycles. The molecule has 0 aliphatic carbocycles. The van der Waals surface area contributed by atoms with Gasteiger partial charge in [0.15, 0.2) is 0 Å². The Hall–Kier alpha value is -1.98. The highest BCUT2D eigenvalue weighted by atomic mass is 35.5. The summed E-state index contributed by atoms with van der Waals surface area (Å²) in [5, 5.41) is 13.1. The maximum absolute atomic E-state index is 9.07. The molecule has 0 aliphatic heterocycles. The first-order valence-corrected chi connectivity index (χ1v) is 6.06. The van der Waals surface area contributed by atoms with Crippen LogP contribution in [-0.2, 0) is 6.54 Å². The molecule has 0 saturated heterocycles. The predicted molar refractivity (Wildman–Crippen MR) is 74.7 cm³/mol. The molecule has 0 aliphatic rings. The van der Waals surface area contributed by atoms with Gasteiger partial charge in [0.05, 0.1) is 11.3 Å². The van der Waals surface area contributed by atoms with Crippen molar-refractivity contribution in [3.05, 3.63) is 64.2 Å². The van der Waals surface area contributed by atoms with Crippen LogP contribution in [0.2, 0.25) is 5.02 Å². The van der Waals surface area contributed by atoms with Crippen LogP contribution in [-0.4, -0.2) is 0 Å². The van der Waals surface area contributed by atoms with Crippen LogP contribution in [0, 0.1) is 18.3 Å². The zero-order valence-electron chi connectivity index (χ0n) is 10.1. The van der Waals surface area contributed by atoms with E-state index in [2.05, 4.69) is 11.4 Å². The fraction of sp³-hybridized carbons (Fsp3) is 0.133. The lowest BCUT2D eigenvalue weighted by atomic mass is 10.1. The minimum Gasteiger partial charge on any atom is -0.380 e. The van der Waals surface area contributed by atoms with Gasteiger partial charge in [-0.25, -0.2) is 0 Å². The number of nitriles is 1. The number of benzene rings is 2. The highest BCUT2D eigenvalue weighted by molar-refractivity contribution is 6.30. The molecule has 0 aromatic heterocycles. The van der Waals surface area contributed by atoms with Gasteiger partial charge in [-0.3, -0.25) is 0 Å². The molecule has 2 aromatic rings. The summed E-state index contributed by atoms with van der Waals surface area (Å²) < 4.78 is 0. The summed E-state index contributed by atoms with van der Waals surface area (Å²) in [6.45, 7) is 2.67. The summed E-state index contributed by atoms with van der Waals surface area (Å²) >= 11 is 5.84. The molecule has 2 nitrogen and oxygen atoms in total. The molecule has 90 valence electrons. The molecule has 2 rings (SSSR count). The molecule has 1 N–H and O–H groups in total. The molecule has 0 heterocycles. The fourth-order valence-electron chi connectivity index (χ4n) is 1.79. The number of aryl methyl sites for hydroxylation is 1. The van der Waals surface area contributed by atoms with Gasteiger partial charge in [0, 0.05) is 11.6 Å². The number of nitrogens with zero attached hydrogens (tertiary/aromatic N) is 1. The smallest absolute Gasteiger partial charge is 0.101 e. The molecular formula is C15H13ClN2. The second kappa shape index (κ2) is 5.57. The number of para-hydroxylation sites is 1. The van der Waals surface area contributed by atoms with Gasteiger partial charge >= 0.3 is 0 Å². The van der Waals surface area contributed by atoms with E-state index >= 15 is 0 Å². The standard InChI is InChI=1S/C15H13ClN2/c1-11-3-2-4-13(9-17)15(11)18-10-12-5-7-14(16)8-6-12/h2-8,18H,10H2,1H3. The van der Waals surface area contributed by atoms with Gasteiger partial charge < -0.3 is 5.32 Å². The third kappa shape index (κ3) is 2.82. The summed E-state index contributed by atoms with van der Waals surface area (Å²) in [5.74, 6) is 0. The molecule has 0 spiro atoms. The van der Waals surface area contributed by atoms with Crippen molar-refractivity contribution in [2.24, 2.45) is 0 Å². The summed E-state index contributed by atoms with van der Waals surface area (Å²) in [4.78, 5) is 0. The lowest BCUT2D eigenvalue weighted by Gasteiger charge is -2.11. The molecular weight excluding hydrogens is 244 g/mol. The van der Waals surface area contributed by atoms with E-state index in [0.717, 1.165) is 21.8 Å². The molecule has 3 heteroatoms. The fourth-order valence-corrected chi connectivity index (χ4v) is 1.91. The minimum atomic E-state index is 0.670. The largest absolute Gasteiger partial charge is 0.380 e. The highest BCUT2D eigenvalue weighted by Gasteiger charge is 2.04. The zero-order chi connectivity index (χ0) is 13.0. The molecule has 18 heavy (non-hydrogen) atoms. The van der Waals surface area contributed by atoms with Crippen molar-refractivity contribution in [1.29, 1.82) is 5.26 Å². The van der Waals surface area contributed by atoms with Gasteiger partial charge in [0.25, 0.3) is 0 Å². The van der Waals surface area contributed by atoms with Crippen molar-refractivity contribution in [2.45, 2.75) is 13.5 Å². The molecule has 0 unspecified atom stereocenters. The van der Waals surface area contributed by atoms with Crippen molar-refractivity contribution >= 4 is 17.3 Å². The summed E-state index contributed by atoms with van der Waals surface area (Å²) in [5.41, 5.74) is 3.77. The Kier molecular flexibility index (Phi) is 3.86. The SMILES string of the molecule is Cc1cccc(C#N)c1NCc1ccc(Cl)cc1. The van der Waals surface area contributed by atoms with Gasteiger partial charge in [0.2, 0.25) is 0 Å². The summed E-state index contributed by atoms with van der Waals surface area (Å²) in [6.07, 6.45) is 0. The predicted octanol–water partition coefficient (Wildman–Crippen LogP) is 4.13. The maximum Gasteiger partial charge on any atom is 0.101 e. The number of halogens is 1. The van der Waals surface area contributed by atoms with Crippen molar-refractivity contribution < 1.29 is 0 Å². The van der Waals surface area contributed by atoms with E-state index < -0.39 is 0 Å². The number of nitrogens with one attached hydrogen (secondary N) is 1. The monoisotopic (exact) mass is 256 g/mol. The number of anilines is 1. The molecule has 0 fully saturated rings. The lowest BCUT2D eigenvalue weighted by molar-refractivity contribution is 1.14. The van der Waals surface area contributed by atoms with Crippen LogP contribution in [0.15, 0.2) is 42.5 Å². The zero-order valence-corrected chi connectivity index (χ0v) is 10.8. The third-order valence-electron chi connectivity index (χ3n) is 2.78. The quantitative estimate of drug-likeness (QED) is 0.896. The molecule has 0 radical (unpaired) electrons. The summed E-state index contributed by atoms with van der Waals surface area (Å²) in [6, 6.07) is 15.6. The van der Waals surface area contributed by atoms with E-state index in [0.29, 0.717) is 12.1 Å². The van der Waals surface area contributed by atoms with Gasteiger partial charge in [-0.1, -0.05) is 35.9 Å². The van der Waals surface area contributed by atoms with E-state index in [4.69, 9.17) is 16.9 Å². The first kappa shape index (κ1) is 12.5. The van der Waals surface area contributed by atoms with Crippen LogP contribution >= 0.6 is 11.6 Å². The number of hydrogen-bond acceptors (Lipinski definition) is 2. The van der Waals surface area contributed by atoms with E-state index in [1.165, 1.54) is 0 Å². The van der Waals surface area contributed by atoms with Crippen molar-refractivity contribution in [2.75, 3.05) is 5.32 Å². The Labute approximate surface area is 112 Å². The van der Waals surface area contributed by atoms with Crippen LogP contribution in [0.1, 0.15) is 16.7 Å². The van der Waals surface area contributed by atoms with Crippen molar-refractivity contribution in [3.8, 4) is 6.07 Å². The molecule has 0 bridgehead atoms. The Bertz CT molecular complexity index is 582. The average Bonchev–Trinajstić information content (AvgIpc) is 2.39. The second-order valence-electron chi connectivity index (χ2n) is 4.09. The molecule has 2 aromatic carbocycles. The average molecular weight is 257 g/mol. The molecule has 0 atom stereocenters. The maximum atomic E-state index is 9.07. The van der Waals surface area contributed by atoms with E-state index in [1.807, 2.05) is 49.4 Å². The second-order valence-corrected chi connectivity index (χ2v) is 4.53. The van der Waals surface area contributed by atoms with Gasteiger partial charge in [-0.15, -0.1) is 0 Å². The van der Waals surface area contributed by atoms with Crippen LogP contribution in [0.4, 0.5) is 5.69 Å².